The number of rotatable bonds is 10. The largest absolute Gasteiger partial charge is 0.462 e. The van der Waals surface area contributed by atoms with Crippen LogP contribution >= 0.6 is 23.5 Å². The van der Waals surface area contributed by atoms with Crippen molar-refractivity contribution in [2.45, 2.75) is 29.9 Å². The maximum atomic E-state index is 12.6. The molecule has 12 heteroatoms. The number of nitrogens with zero attached hydrogens (tertiary/aromatic N) is 4. The van der Waals surface area contributed by atoms with Gasteiger partial charge in [-0.3, -0.25) is 14.2 Å². The Kier molecular flexibility index (Phi) is 8.75. The Bertz CT molecular complexity index is 1440. The van der Waals surface area contributed by atoms with Gasteiger partial charge in [-0.2, -0.15) is 0 Å². The normalized spacial score (nSPS) is 10.8. The number of carbonyl (C=O) groups excluding carboxylic acids is 2. The molecule has 0 spiro atoms. The van der Waals surface area contributed by atoms with E-state index < -0.39 is 5.97 Å². The molecule has 0 bridgehead atoms. The number of anilines is 1. The molecular formula is C25H24N6O4S2. The molecule has 0 aliphatic heterocycles. The van der Waals surface area contributed by atoms with Gasteiger partial charge in [0.1, 0.15) is 5.82 Å². The number of aromatic amines is 1. The van der Waals surface area contributed by atoms with Crippen LogP contribution in [0.15, 0.2) is 75.8 Å². The van der Waals surface area contributed by atoms with Crippen molar-refractivity contribution in [2.75, 3.05) is 17.7 Å². The molecule has 0 atom stereocenters. The quantitative estimate of drug-likeness (QED) is 0.176. The summed E-state index contributed by atoms with van der Waals surface area (Å²) in [5.74, 6) is 0.527. The van der Waals surface area contributed by atoms with Crippen molar-refractivity contribution in [3.63, 3.8) is 0 Å². The summed E-state index contributed by atoms with van der Waals surface area (Å²) in [5, 5.41) is 12.5. The Morgan fingerprint density at radius 3 is 2.51 bits per heavy atom. The van der Waals surface area contributed by atoms with Gasteiger partial charge in [0.15, 0.2) is 10.3 Å². The lowest BCUT2D eigenvalue weighted by molar-refractivity contribution is -0.113. The van der Waals surface area contributed by atoms with Crippen molar-refractivity contribution < 1.29 is 14.3 Å². The predicted octanol–water partition coefficient (Wildman–Crippen LogP) is 3.86. The first-order valence-corrected chi connectivity index (χ1v) is 13.3. The zero-order valence-electron chi connectivity index (χ0n) is 20.1. The van der Waals surface area contributed by atoms with E-state index in [0.717, 1.165) is 5.69 Å². The summed E-state index contributed by atoms with van der Waals surface area (Å²) in [5.41, 5.74) is 2.26. The highest BCUT2D eigenvalue weighted by molar-refractivity contribution is 7.99. The number of hydrogen-bond acceptors (Lipinski definition) is 9. The minimum Gasteiger partial charge on any atom is -0.462 e. The number of hydrogen-bond donors (Lipinski definition) is 2. The highest BCUT2D eigenvalue weighted by atomic mass is 32.2. The lowest BCUT2D eigenvalue weighted by Crippen LogP contribution is -2.15. The van der Waals surface area contributed by atoms with Crippen LogP contribution in [-0.4, -0.2) is 49.0 Å². The third kappa shape index (κ3) is 7.08. The van der Waals surface area contributed by atoms with E-state index in [1.54, 1.807) is 38.1 Å². The van der Waals surface area contributed by atoms with Gasteiger partial charge in [-0.25, -0.2) is 9.78 Å². The predicted molar refractivity (Wildman–Crippen MR) is 142 cm³/mol. The van der Waals surface area contributed by atoms with E-state index in [9.17, 15) is 14.4 Å². The van der Waals surface area contributed by atoms with E-state index in [2.05, 4.69) is 25.5 Å². The number of para-hydroxylation sites is 1. The smallest absolute Gasteiger partial charge is 0.338 e. The van der Waals surface area contributed by atoms with Crippen LogP contribution in [0.1, 0.15) is 28.8 Å². The number of nitrogens with one attached hydrogen (secondary N) is 2. The molecule has 1 amide bonds. The van der Waals surface area contributed by atoms with Crippen molar-refractivity contribution in [1.29, 1.82) is 0 Å². The van der Waals surface area contributed by atoms with Crippen LogP contribution in [0.3, 0.4) is 0 Å². The molecule has 0 saturated heterocycles. The Morgan fingerprint density at radius 2 is 1.81 bits per heavy atom. The molecule has 2 aromatic carbocycles. The van der Waals surface area contributed by atoms with Crippen molar-refractivity contribution in [2.24, 2.45) is 0 Å². The van der Waals surface area contributed by atoms with Crippen molar-refractivity contribution in [1.82, 2.24) is 24.7 Å². The highest BCUT2D eigenvalue weighted by Gasteiger charge is 2.17. The van der Waals surface area contributed by atoms with Gasteiger partial charge in [0.2, 0.25) is 5.91 Å². The van der Waals surface area contributed by atoms with Crippen LogP contribution in [0.4, 0.5) is 5.69 Å². The van der Waals surface area contributed by atoms with E-state index in [-0.39, 0.29) is 17.2 Å². The second kappa shape index (κ2) is 12.4. The van der Waals surface area contributed by atoms with Gasteiger partial charge in [0, 0.05) is 23.1 Å². The number of amides is 1. The van der Waals surface area contributed by atoms with E-state index in [1.807, 2.05) is 34.9 Å². The number of aromatic nitrogens is 5. The number of ether oxygens (including phenoxy) is 1. The van der Waals surface area contributed by atoms with E-state index in [4.69, 9.17) is 4.74 Å². The van der Waals surface area contributed by atoms with Crippen LogP contribution in [0.25, 0.3) is 5.69 Å². The van der Waals surface area contributed by atoms with E-state index in [0.29, 0.717) is 45.4 Å². The monoisotopic (exact) mass is 536 g/mol. The maximum Gasteiger partial charge on any atom is 0.338 e. The summed E-state index contributed by atoms with van der Waals surface area (Å²) < 4.78 is 6.86. The standard InChI is InChI=1S/C25H24N6O4S2/c1-3-35-23(34)17-9-11-18(12-10-17)27-22(33)15-37-25-30-29-20(31(25)19-7-5-4-6-8-19)14-36-24-26-16(2)13-21(32)28-24/h4-13H,3,14-15H2,1-2H3,(H,27,33)(H,26,28,32). The second-order valence-electron chi connectivity index (χ2n) is 7.69. The number of thioether (sulfide) groups is 2. The molecule has 190 valence electrons. The molecule has 4 aromatic rings. The van der Waals surface area contributed by atoms with Crippen LogP contribution in [0.5, 0.6) is 0 Å². The van der Waals surface area contributed by atoms with Crippen LogP contribution in [-0.2, 0) is 15.3 Å². The van der Waals surface area contributed by atoms with E-state index in [1.165, 1.54) is 29.6 Å². The van der Waals surface area contributed by atoms with Gasteiger partial charge >= 0.3 is 5.97 Å². The maximum absolute atomic E-state index is 12.6. The molecule has 0 saturated carbocycles. The molecule has 0 aliphatic carbocycles. The fourth-order valence-corrected chi connectivity index (χ4v) is 4.91. The SMILES string of the molecule is CCOC(=O)c1ccc(NC(=O)CSc2nnc(CSc3nc(C)cc(=O)[nH]3)n2-c2ccccc2)cc1. The Morgan fingerprint density at radius 1 is 1.05 bits per heavy atom. The van der Waals surface area contributed by atoms with Gasteiger partial charge < -0.3 is 15.0 Å². The Labute approximate surface area is 221 Å². The van der Waals surface area contributed by atoms with Gasteiger partial charge in [-0.15, -0.1) is 10.2 Å². The van der Waals surface area contributed by atoms with Gasteiger partial charge in [0.05, 0.1) is 23.7 Å². The minimum atomic E-state index is -0.408. The first-order valence-electron chi connectivity index (χ1n) is 11.3. The molecule has 0 unspecified atom stereocenters. The van der Waals surface area contributed by atoms with Crippen molar-refractivity contribution in [3.8, 4) is 5.69 Å². The van der Waals surface area contributed by atoms with E-state index >= 15 is 0 Å². The molecule has 0 aliphatic rings. The average Bonchev–Trinajstić information content (AvgIpc) is 3.29. The number of benzene rings is 2. The molecule has 2 aromatic heterocycles. The number of H-pyrrole nitrogens is 1. The molecule has 37 heavy (non-hydrogen) atoms. The van der Waals surface area contributed by atoms with Crippen LogP contribution < -0.4 is 10.9 Å². The summed E-state index contributed by atoms with van der Waals surface area (Å²) in [4.78, 5) is 43.2. The summed E-state index contributed by atoms with van der Waals surface area (Å²) in [6, 6.07) is 17.5. The first-order chi connectivity index (χ1) is 17.9. The third-order valence-corrected chi connectivity index (χ3v) is 6.71. The Hall–Kier alpha value is -3.90. The fraction of sp³-hybridized carbons (Fsp3) is 0.200. The third-order valence-electron chi connectivity index (χ3n) is 4.91. The lowest BCUT2D eigenvalue weighted by atomic mass is 10.2. The number of carbonyl (C=O) groups is 2. The summed E-state index contributed by atoms with van der Waals surface area (Å²) in [6.45, 7) is 3.80. The van der Waals surface area contributed by atoms with Crippen molar-refractivity contribution in [3.05, 3.63) is 88.1 Å². The molecule has 4 rings (SSSR count). The molecule has 2 heterocycles. The zero-order valence-corrected chi connectivity index (χ0v) is 21.8. The van der Waals surface area contributed by atoms with Crippen LogP contribution in [0, 0.1) is 6.92 Å². The van der Waals surface area contributed by atoms with Gasteiger partial charge in [0.25, 0.3) is 5.56 Å². The van der Waals surface area contributed by atoms with Gasteiger partial charge in [-0.1, -0.05) is 41.7 Å². The molecule has 10 nitrogen and oxygen atoms in total. The Balaban J connectivity index is 1.44. The molecular weight excluding hydrogens is 512 g/mol. The summed E-state index contributed by atoms with van der Waals surface area (Å²) in [7, 11) is 0. The van der Waals surface area contributed by atoms with Crippen LogP contribution in [0.2, 0.25) is 0 Å². The fourth-order valence-electron chi connectivity index (χ4n) is 3.31. The summed E-state index contributed by atoms with van der Waals surface area (Å²) >= 11 is 2.60. The van der Waals surface area contributed by atoms with Crippen molar-refractivity contribution >= 4 is 41.1 Å². The molecule has 0 radical (unpaired) electrons. The minimum absolute atomic E-state index is 0.102. The average molecular weight is 537 g/mol. The number of esters is 1. The zero-order chi connectivity index (χ0) is 26.2. The topological polar surface area (TPSA) is 132 Å². The lowest BCUT2D eigenvalue weighted by Gasteiger charge is -2.10. The second-order valence-corrected chi connectivity index (χ2v) is 9.59. The first kappa shape index (κ1) is 26.2. The van der Waals surface area contributed by atoms with Gasteiger partial charge in [-0.05, 0) is 50.2 Å². The molecule has 0 fully saturated rings. The molecule has 2 N–H and O–H groups in total. The summed E-state index contributed by atoms with van der Waals surface area (Å²) in [6.07, 6.45) is 0. The number of aryl methyl sites for hydroxylation is 1. The highest BCUT2D eigenvalue weighted by Crippen LogP contribution is 2.26.